The van der Waals surface area contributed by atoms with Crippen LogP contribution < -0.4 is 0 Å². The zero-order valence-corrected chi connectivity index (χ0v) is 18.6. The van der Waals surface area contributed by atoms with Crippen molar-refractivity contribution in [2.24, 2.45) is 4.99 Å². The molecular weight excluding hydrogens is 492 g/mol. The fourth-order valence-corrected chi connectivity index (χ4v) is 5.72. The summed E-state index contributed by atoms with van der Waals surface area (Å²) in [5, 5.41) is 20.8. The van der Waals surface area contributed by atoms with Gasteiger partial charge in [-0.3, -0.25) is 4.52 Å². The van der Waals surface area contributed by atoms with E-state index in [0.717, 1.165) is 11.8 Å². The maximum atomic E-state index is 15.2. The van der Waals surface area contributed by atoms with E-state index in [9.17, 15) is 28.8 Å². The standard InChI is InChI=1S/C12H20FN2O13P3/c1-7-4-5-15(8(2)14-7)10-11(3,17)9(16)12(13,26-10)6-25-30(21,22)28-31(23,24)27-29(18,19)20/h4-5,9-10,16-17H,1,6H2,2-3H3,(H,21,22)(H,23,24)(H2,18,19,20). The molecule has 0 aromatic rings. The van der Waals surface area contributed by atoms with Crippen LogP contribution in [-0.4, -0.2) is 70.9 Å². The van der Waals surface area contributed by atoms with Crippen molar-refractivity contribution in [3.63, 3.8) is 0 Å². The van der Waals surface area contributed by atoms with Gasteiger partial charge in [0.05, 0.1) is 5.70 Å². The molecule has 1 saturated heterocycles. The number of allylic oxidation sites excluding steroid dienone is 1. The number of phosphoric acid groups is 3. The number of phosphoric ester groups is 1. The molecule has 6 N–H and O–H groups in total. The normalized spacial score (nSPS) is 35.6. The molecule has 2 aliphatic rings. The second kappa shape index (κ2) is 8.50. The van der Waals surface area contributed by atoms with E-state index in [1.807, 2.05) is 0 Å². The minimum absolute atomic E-state index is 0.196. The minimum Gasteiger partial charge on any atom is -0.384 e. The van der Waals surface area contributed by atoms with E-state index >= 15 is 4.39 Å². The average Bonchev–Trinajstić information content (AvgIpc) is 2.71. The van der Waals surface area contributed by atoms with E-state index < -0.39 is 53.9 Å². The molecule has 0 aromatic heterocycles. The molecule has 1 fully saturated rings. The molecule has 2 heterocycles. The average molecular weight is 512 g/mol. The van der Waals surface area contributed by atoms with Gasteiger partial charge in [0.2, 0.25) is 0 Å². The minimum atomic E-state index is -5.83. The van der Waals surface area contributed by atoms with Crippen LogP contribution in [0.1, 0.15) is 13.8 Å². The number of rotatable bonds is 8. The fourth-order valence-electron chi connectivity index (χ4n) is 2.69. The highest BCUT2D eigenvalue weighted by atomic mass is 31.3. The third-order valence-electron chi connectivity index (χ3n) is 3.97. The number of amidine groups is 1. The summed E-state index contributed by atoms with van der Waals surface area (Å²) in [6, 6.07) is 0. The Morgan fingerprint density at radius 2 is 1.84 bits per heavy atom. The van der Waals surface area contributed by atoms with Gasteiger partial charge in [0.25, 0.3) is 5.85 Å². The van der Waals surface area contributed by atoms with E-state index in [4.69, 9.17) is 19.4 Å². The molecule has 178 valence electrons. The molecule has 15 nitrogen and oxygen atoms in total. The lowest BCUT2D eigenvalue weighted by atomic mass is 9.94. The molecule has 0 spiro atoms. The van der Waals surface area contributed by atoms with E-state index in [1.54, 1.807) is 0 Å². The van der Waals surface area contributed by atoms with Crippen molar-refractivity contribution in [1.29, 1.82) is 0 Å². The van der Waals surface area contributed by atoms with Crippen LogP contribution in [0.2, 0.25) is 0 Å². The molecule has 0 amide bonds. The Bertz CT molecular complexity index is 948. The third-order valence-corrected chi connectivity index (χ3v) is 7.75. The number of halogens is 1. The van der Waals surface area contributed by atoms with E-state index in [2.05, 4.69) is 24.7 Å². The summed E-state index contributed by atoms with van der Waals surface area (Å²) in [6.45, 7) is 4.43. The molecule has 31 heavy (non-hydrogen) atoms. The Kier molecular flexibility index (Phi) is 7.25. The molecule has 2 aliphatic heterocycles. The molecule has 6 unspecified atom stereocenters. The lowest BCUT2D eigenvalue weighted by Crippen LogP contribution is -2.54. The molecule has 0 radical (unpaired) electrons. The fraction of sp³-hybridized carbons (Fsp3) is 0.583. The van der Waals surface area contributed by atoms with Crippen molar-refractivity contribution in [1.82, 2.24) is 4.90 Å². The van der Waals surface area contributed by atoms with Crippen molar-refractivity contribution < 1.29 is 65.8 Å². The monoisotopic (exact) mass is 512 g/mol. The van der Waals surface area contributed by atoms with Crippen molar-refractivity contribution in [3.8, 4) is 0 Å². The first-order chi connectivity index (χ1) is 13.8. The summed E-state index contributed by atoms with van der Waals surface area (Å²) >= 11 is 0. The van der Waals surface area contributed by atoms with Crippen LogP contribution in [-0.2, 0) is 31.6 Å². The molecular formula is C12H20FN2O13P3. The maximum absolute atomic E-state index is 15.2. The topological polar surface area (TPSA) is 225 Å². The first-order valence-electron chi connectivity index (χ1n) is 8.04. The number of hydrogen-bond acceptors (Lipinski definition) is 11. The maximum Gasteiger partial charge on any atom is 0.490 e. The zero-order valence-electron chi connectivity index (χ0n) is 15.9. The SMILES string of the molecule is C=C1C=CN(C2OC(F)(COP(=O)(O)OP(=O)(O)OP(=O)(O)O)C(O)C2(C)O)C(C)=N1. The molecule has 0 bridgehead atoms. The number of aliphatic hydroxyl groups excluding tert-OH is 1. The molecule has 6 atom stereocenters. The van der Waals surface area contributed by atoms with Crippen LogP contribution in [0.4, 0.5) is 4.39 Å². The number of alkyl halides is 1. The Morgan fingerprint density at radius 3 is 2.35 bits per heavy atom. The van der Waals surface area contributed by atoms with Gasteiger partial charge in [-0.15, -0.1) is 0 Å². The Labute approximate surface area is 174 Å². The second-order valence-electron chi connectivity index (χ2n) is 6.62. The number of aliphatic hydroxyl groups is 2. The van der Waals surface area contributed by atoms with Gasteiger partial charge in [-0.05, 0) is 19.9 Å². The lowest BCUT2D eigenvalue weighted by Gasteiger charge is -2.35. The van der Waals surface area contributed by atoms with Crippen molar-refractivity contribution in [2.75, 3.05) is 6.61 Å². The number of hydrogen-bond donors (Lipinski definition) is 6. The first-order valence-corrected chi connectivity index (χ1v) is 12.6. The number of nitrogens with zero attached hydrogens (tertiary/aromatic N) is 2. The molecule has 0 aliphatic carbocycles. The number of ether oxygens (including phenoxy) is 1. The highest BCUT2D eigenvalue weighted by Crippen LogP contribution is 2.66. The summed E-state index contributed by atoms with van der Waals surface area (Å²) in [5.41, 5.74) is -1.99. The Balaban J connectivity index is 2.16. The molecule has 2 rings (SSSR count). The molecule has 0 saturated carbocycles. The predicted molar refractivity (Wildman–Crippen MR) is 98.4 cm³/mol. The van der Waals surface area contributed by atoms with Gasteiger partial charge in [-0.1, -0.05) is 6.58 Å². The van der Waals surface area contributed by atoms with E-state index in [-0.39, 0.29) is 5.84 Å². The highest BCUT2D eigenvalue weighted by molar-refractivity contribution is 7.66. The summed E-state index contributed by atoms with van der Waals surface area (Å²) < 4.78 is 65.1. The third kappa shape index (κ3) is 6.36. The first kappa shape index (κ1) is 26.4. The van der Waals surface area contributed by atoms with E-state index in [0.29, 0.717) is 5.70 Å². The van der Waals surface area contributed by atoms with Gasteiger partial charge in [0, 0.05) is 6.20 Å². The van der Waals surface area contributed by atoms with Crippen molar-refractivity contribution >= 4 is 29.3 Å². The summed E-state index contributed by atoms with van der Waals surface area (Å²) in [6.07, 6.45) is -1.26. The summed E-state index contributed by atoms with van der Waals surface area (Å²) in [7, 11) is -17.1. The van der Waals surface area contributed by atoms with Crippen LogP contribution in [0.15, 0.2) is 29.5 Å². The Morgan fingerprint density at radius 1 is 1.26 bits per heavy atom. The summed E-state index contributed by atoms with van der Waals surface area (Å²) in [5.74, 6) is -3.15. The van der Waals surface area contributed by atoms with Gasteiger partial charge >= 0.3 is 23.5 Å². The molecule has 19 heteroatoms. The largest absolute Gasteiger partial charge is 0.490 e. The van der Waals surface area contributed by atoms with Crippen molar-refractivity contribution in [3.05, 3.63) is 24.6 Å². The quantitative estimate of drug-likeness (QED) is 0.239. The molecule has 0 aromatic carbocycles. The number of aliphatic imine (C=N–C) groups is 1. The van der Waals surface area contributed by atoms with Crippen molar-refractivity contribution in [2.45, 2.75) is 37.6 Å². The predicted octanol–water partition coefficient (Wildman–Crippen LogP) is 0.225. The van der Waals surface area contributed by atoms with Gasteiger partial charge in [0.1, 0.15) is 24.1 Å². The smallest absolute Gasteiger partial charge is 0.384 e. The second-order valence-corrected chi connectivity index (χ2v) is 11.0. The van der Waals surface area contributed by atoms with Crippen LogP contribution >= 0.6 is 23.5 Å². The van der Waals surface area contributed by atoms with Crippen LogP contribution in [0.25, 0.3) is 0 Å². The van der Waals surface area contributed by atoms with Gasteiger partial charge in [0.15, 0.2) is 6.23 Å². The summed E-state index contributed by atoms with van der Waals surface area (Å²) in [4.78, 5) is 40.6. The zero-order chi connectivity index (χ0) is 24.0. The lowest BCUT2D eigenvalue weighted by molar-refractivity contribution is -0.204. The van der Waals surface area contributed by atoms with Gasteiger partial charge < -0.3 is 39.4 Å². The van der Waals surface area contributed by atoms with Gasteiger partial charge in [-0.25, -0.2) is 23.1 Å². The van der Waals surface area contributed by atoms with Gasteiger partial charge in [-0.2, -0.15) is 8.62 Å². The van der Waals surface area contributed by atoms with Crippen LogP contribution in [0, 0.1) is 0 Å². The van der Waals surface area contributed by atoms with E-state index in [1.165, 1.54) is 19.2 Å². The highest BCUT2D eigenvalue weighted by Gasteiger charge is 2.64. The van der Waals surface area contributed by atoms with Crippen LogP contribution in [0.3, 0.4) is 0 Å². The van der Waals surface area contributed by atoms with Crippen LogP contribution in [0.5, 0.6) is 0 Å². The Hall–Kier alpha value is -0.830.